The molecule has 1 amide bonds. The van der Waals surface area contributed by atoms with Gasteiger partial charge in [0.1, 0.15) is 0 Å². The van der Waals surface area contributed by atoms with Crippen molar-refractivity contribution in [3.05, 3.63) is 39.9 Å². The molecule has 5 heteroatoms. The highest BCUT2D eigenvalue weighted by atomic mass is 79.9. The van der Waals surface area contributed by atoms with Crippen LogP contribution in [-0.2, 0) is 14.3 Å². The SMILES string of the molecule is CC(C)=CC(=O)OCC(=O)Nc1ccc(Br)c(C)c1. The molecule has 0 fully saturated rings. The van der Waals surface area contributed by atoms with Crippen molar-refractivity contribution in [2.75, 3.05) is 11.9 Å². The molecule has 102 valence electrons. The number of carbonyl (C=O) groups excluding carboxylic acids is 2. The van der Waals surface area contributed by atoms with Crippen LogP contribution in [-0.4, -0.2) is 18.5 Å². The van der Waals surface area contributed by atoms with Gasteiger partial charge in [-0.25, -0.2) is 4.79 Å². The molecule has 0 heterocycles. The third kappa shape index (κ3) is 5.70. The maximum Gasteiger partial charge on any atom is 0.331 e. The summed E-state index contributed by atoms with van der Waals surface area (Å²) < 4.78 is 5.78. The monoisotopic (exact) mass is 325 g/mol. The third-order valence-electron chi connectivity index (χ3n) is 2.19. The molecule has 1 aromatic rings. The molecule has 4 nitrogen and oxygen atoms in total. The molecule has 1 N–H and O–H groups in total. The first-order valence-electron chi connectivity index (χ1n) is 5.76. The Balaban J connectivity index is 2.49. The lowest BCUT2D eigenvalue weighted by Crippen LogP contribution is -2.20. The molecule has 0 radical (unpaired) electrons. The number of benzene rings is 1. The van der Waals surface area contributed by atoms with E-state index in [1.54, 1.807) is 19.9 Å². The van der Waals surface area contributed by atoms with Crippen LogP contribution in [0.25, 0.3) is 0 Å². The van der Waals surface area contributed by atoms with Crippen molar-refractivity contribution in [1.82, 2.24) is 0 Å². The van der Waals surface area contributed by atoms with E-state index in [9.17, 15) is 9.59 Å². The van der Waals surface area contributed by atoms with Gasteiger partial charge in [-0.1, -0.05) is 21.5 Å². The first-order valence-corrected chi connectivity index (χ1v) is 6.55. The number of rotatable bonds is 4. The fourth-order valence-electron chi connectivity index (χ4n) is 1.33. The van der Waals surface area contributed by atoms with Crippen LogP contribution >= 0.6 is 15.9 Å². The Morgan fingerprint density at radius 1 is 1.37 bits per heavy atom. The van der Waals surface area contributed by atoms with Gasteiger partial charge in [-0.2, -0.15) is 0 Å². The van der Waals surface area contributed by atoms with Gasteiger partial charge in [-0.15, -0.1) is 0 Å². The Hall–Kier alpha value is -1.62. The third-order valence-corrected chi connectivity index (χ3v) is 3.08. The summed E-state index contributed by atoms with van der Waals surface area (Å²) in [6.07, 6.45) is 1.34. The Kier molecular flexibility index (Phi) is 5.76. The van der Waals surface area contributed by atoms with Crippen molar-refractivity contribution >= 4 is 33.5 Å². The number of hydrogen-bond donors (Lipinski definition) is 1. The van der Waals surface area contributed by atoms with Crippen LogP contribution in [0.5, 0.6) is 0 Å². The Labute approximate surface area is 121 Å². The van der Waals surface area contributed by atoms with Gasteiger partial charge in [0.05, 0.1) is 0 Å². The standard InChI is InChI=1S/C14H16BrNO3/c1-9(2)6-14(18)19-8-13(17)16-11-4-5-12(15)10(3)7-11/h4-7H,8H2,1-3H3,(H,16,17). The molecule has 0 bridgehead atoms. The van der Waals surface area contributed by atoms with Crippen molar-refractivity contribution in [2.24, 2.45) is 0 Å². The van der Waals surface area contributed by atoms with E-state index in [1.807, 2.05) is 19.1 Å². The lowest BCUT2D eigenvalue weighted by molar-refractivity contribution is -0.142. The summed E-state index contributed by atoms with van der Waals surface area (Å²) >= 11 is 3.38. The number of aryl methyl sites for hydroxylation is 1. The van der Waals surface area contributed by atoms with Crippen molar-refractivity contribution in [3.8, 4) is 0 Å². The summed E-state index contributed by atoms with van der Waals surface area (Å²) in [4.78, 5) is 22.8. The fourth-order valence-corrected chi connectivity index (χ4v) is 1.58. The van der Waals surface area contributed by atoms with Crippen molar-refractivity contribution in [2.45, 2.75) is 20.8 Å². The minimum Gasteiger partial charge on any atom is -0.452 e. The van der Waals surface area contributed by atoms with Gasteiger partial charge < -0.3 is 10.1 Å². The van der Waals surface area contributed by atoms with Gasteiger partial charge in [0.2, 0.25) is 0 Å². The molecule has 0 unspecified atom stereocenters. The molecule has 0 aliphatic rings. The van der Waals surface area contributed by atoms with E-state index < -0.39 is 5.97 Å². The Morgan fingerprint density at radius 2 is 2.05 bits per heavy atom. The Morgan fingerprint density at radius 3 is 2.63 bits per heavy atom. The number of nitrogens with one attached hydrogen (secondary N) is 1. The minimum atomic E-state index is -0.512. The first-order chi connectivity index (χ1) is 8.88. The van der Waals surface area contributed by atoms with Gasteiger partial charge in [0, 0.05) is 16.2 Å². The van der Waals surface area contributed by atoms with Gasteiger partial charge in [0.15, 0.2) is 6.61 Å². The highest BCUT2D eigenvalue weighted by Crippen LogP contribution is 2.19. The van der Waals surface area contributed by atoms with Crippen LogP contribution in [0, 0.1) is 6.92 Å². The lowest BCUT2D eigenvalue weighted by atomic mass is 10.2. The predicted molar refractivity (Wildman–Crippen MR) is 77.9 cm³/mol. The molecular formula is C14H16BrNO3. The number of carbonyl (C=O) groups is 2. The molecule has 1 aromatic carbocycles. The first kappa shape index (κ1) is 15.4. The van der Waals surface area contributed by atoms with Gasteiger partial charge in [-0.3, -0.25) is 4.79 Å². The van der Waals surface area contributed by atoms with Crippen molar-refractivity contribution in [1.29, 1.82) is 0 Å². The smallest absolute Gasteiger partial charge is 0.331 e. The molecule has 0 spiro atoms. The number of esters is 1. The summed E-state index contributed by atoms with van der Waals surface area (Å²) in [6.45, 7) is 5.20. The average Bonchev–Trinajstić information content (AvgIpc) is 2.30. The van der Waals surface area contributed by atoms with Crippen molar-refractivity contribution < 1.29 is 14.3 Å². The summed E-state index contributed by atoms with van der Waals surface area (Å²) in [7, 11) is 0. The second-order valence-corrected chi connectivity index (χ2v) is 5.20. The van der Waals surface area contributed by atoms with Crippen LogP contribution in [0.15, 0.2) is 34.3 Å². The number of allylic oxidation sites excluding steroid dienone is 1. The second kappa shape index (κ2) is 7.09. The van der Waals surface area contributed by atoms with Crippen LogP contribution < -0.4 is 5.32 Å². The number of hydrogen-bond acceptors (Lipinski definition) is 3. The van der Waals surface area contributed by atoms with Crippen LogP contribution in [0.2, 0.25) is 0 Å². The largest absolute Gasteiger partial charge is 0.452 e. The normalized spacial score (nSPS) is 9.68. The second-order valence-electron chi connectivity index (χ2n) is 4.34. The van der Waals surface area contributed by atoms with E-state index in [0.29, 0.717) is 5.69 Å². The van der Waals surface area contributed by atoms with Crippen LogP contribution in [0.4, 0.5) is 5.69 Å². The summed E-state index contributed by atoms with van der Waals surface area (Å²) in [6, 6.07) is 5.45. The van der Waals surface area contributed by atoms with E-state index in [-0.39, 0.29) is 12.5 Å². The maximum absolute atomic E-state index is 11.6. The van der Waals surface area contributed by atoms with E-state index >= 15 is 0 Å². The highest BCUT2D eigenvalue weighted by molar-refractivity contribution is 9.10. The number of amides is 1. The molecule has 0 aliphatic carbocycles. The van der Waals surface area contributed by atoms with E-state index in [0.717, 1.165) is 15.6 Å². The fraction of sp³-hybridized carbons (Fsp3) is 0.286. The Bertz CT molecular complexity index is 519. The number of halogens is 1. The van der Waals surface area contributed by atoms with E-state index in [1.165, 1.54) is 6.08 Å². The zero-order valence-corrected chi connectivity index (χ0v) is 12.7. The predicted octanol–water partition coefficient (Wildman–Crippen LogP) is 3.21. The number of ether oxygens (including phenoxy) is 1. The molecule has 0 atom stereocenters. The molecule has 0 aliphatic heterocycles. The topological polar surface area (TPSA) is 55.4 Å². The van der Waals surface area contributed by atoms with Gasteiger partial charge in [0.25, 0.3) is 5.91 Å². The number of anilines is 1. The highest BCUT2D eigenvalue weighted by Gasteiger charge is 2.06. The lowest BCUT2D eigenvalue weighted by Gasteiger charge is -2.07. The quantitative estimate of drug-likeness (QED) is 0.683. The zero-order valence-electron chi connectivity index (χ0n) is 11.1. The molecular weight excluding hydrogens is 310 g/mol. The minimum absolute atomic E-state index is 0.294. The van der Waals surface area contributed by atoms with Crippen LogP contribution in [0.3, 0.4) is 0 Å². The summed E-state index contributed by atoms with van der Waals surface area (Å²) in [5.74, 6) is -0.876. The van der Waals surface area contributed by atoms with Crippen molar-refractivity contribution in [3.63, 3.8) is 0 Å². The zero-order chi connectivity index (χ0) is 14.4. The molecule has 1 rings (SSSR count). The van der Waals surface area contributed by atoms with E-state index in [4.69, 9.17) is 4.74 Å². The van der Waals surface area contributed by atoms with Gasteiger partial charge >= 0.3 is 5.97 Å². The van der Waals surface area contributed by atoms with Gasteiger partial charge in [-0.05, 0) is 44.5 Å². The molecule has 19 heavy (non-hydrogen) atoms. The average molecular weight is 326 g/mol. The molecule has 0 aromatic heterocycles. The summed E-state index contributed by atoms with van der Waals surface area (Å²) in [5, 5.41) is 2.66. The van der Waals surface area contributed by atoms with E-state index in [2.05, 4.69) is 21.2 Å². The molecule has 0 saturated carbocycles. The summed E-state index contributed by atoms with van der Waals surface area (Å²) in [5.41, 5.74) is 2.51. The maximum atomic E-state index is 11.6. The molecule has 0 saturated heterocycles. The van der Waals surface area contributed by atoms with Crippen LogP contribution in [0.1, 0.15) is 19.4 Å².